The van der Waals surface area contributed by atoms with E-state index in [9.17, 15) is 4.79 Å². The Morgan fingerprint density at radius 3 is 2.60 bits per heavy atom. The van der Waals surface area contributed by atoms with Gasteiger partial charge in [-0.3, -0.25) is 0 Å². The lowest BCUT2D eigenvalue weighted by molar-refractivity contribution is 0.560. The van der Waals surface area contributed by atoms with Crippen molar-refractivity contribution in [3.63, 3.8) is 0 Å². The van der Waals surface area contributed by atoms with E-state index < -0.39 is 5.69 Å². The van der Waals surface area contributed by atoms with Gasteiger partial charge in [-0.05, 0) is 24.1 Å². The third-order valence-electron chi connectivity index (χ3n) is 2.28. The summed E-state index contributed by atoms with van der Waals surface area (Å²) in [6, 6.07) is 9.73. The third-order valence-corrected chi connectivity index (χ3v) is 2.54. The fraction of sp³-hybridized carbons (Fsp3) is 0.200. The fourth-order valence-electron chi connectivity index (χ4n) is 1.45. The van der Waals surface area contributed by atoms with Crippen LogP contribution in [0.3, 0.4) is 0 Å². The van der Waals surface area contributed by atoms with E-state index in [0.717, 1.165) is 5.56 Å². The van der Waals surface area contributed by atoms with Crippen LogP contribution in [0.15, 0.2) is 35.1 Å². The summed E-state index contributed by atoms with van der Waals surface area (Å²) in [5, 5.41) is 2.74. The number of H-pyrrole nitrogens is 1. The van der Waals surface area contributed by atoms with Crippen LogP contribution in [-0.4, -0.2) is 14.8 Å². The molecule has 1 unspecified atom stereocenters. The molecule has 1 aromatic carbocycles. The van der Waals surface area contributed by atoms with Crippen molar-refractivity contribution in [3.05, 3.63) is 51.7 Å². The lowest BCUT2D eigenvalue weighted by Gasteiger charge is -2.13. The molecular formula is C10H10ClN3O. The summed E-state index contributed by atoms with van der Waals surface area (Å²) in [6.07, 6.45) is 0. The van der Waals surface area contributed by atoms with Crippen LogP contribution in [0, 0.1) is 0 Å². The maximum absolute atomic E-state index is 11.0. The molecule has 0 spiro atoms. The smallest absolute Gasteiger partial charge is 0.249 e. The highest BCUT2D eigenvalue weighted by atomic mass is 35.5. The number of benzene rings is 1. The number of rotatable bonds is 2. The van der Waals surface area contributed by atoms with E-state index >= 15 is 0 Å². The Balaban J connectivity index is 2.41. The summed E-state index contributed by atoms with van der Waals surface area (Å²) in [4.78, 5) is 14.5. The number of aromatic amines is 1. The van der Waals surface area contributed by atoms with E-state index in [1.807, 2.05) is 37.3 Å². The number of hydrogen-bond donors (Lipinski definition) is 1. The van der Waals surface area contributed by atoms with Crippen molar-refractivity contribution >= 4 is 11.6 Å². The van der Waals surface area contributed by atoms with Gasteiger partial charge < -0.3 is 0 Å². The Hall–Kier alpha value is -1.55. The molecule has 0 aliphatic rings. The third kappa shape index (κ3) is 1.94. The van der Waals surface area contributed by atoms with Crippen molar-refractivity contribution in [1.29, 1.82) is 0 Å². The van der Waals surface area contributed by atoms with Gasteiger partial charge in [0, 0.05) is 0 Å². The van der Waals surface area contributed by atoms with Crippen molar-refractivity contribution in [1.82, 2.24) is 14.8 Å². The molecule has 2 aromatic rings. The lowest BCUT2D eigenvalue weighted by Crippen LogP contribution is -2.11. The van der Waals surface area contributed by atoms with Crippen molar-refractivity contribution in [3.8, 4) is 0 Å². The molecule has 4 nitrogen and oxygen atoms in total. The van der Waals surface area contributed by atoms with Gasteiger partial charge in [-0.15, -0.1) is 0 Å². The summed E-state index contributed by atoms with van der Waals surface area (Å²) in [7, 11) is 0. The van der Waals surface area contributed by atoms with Crippen LogP contribution in [0.25, 0.3) is 0 Å². The van der Waals surface area contributed by atoms with Crippen molar-refractivity contribution in [2.45, 2.75) is 13.0 Å². The monoisotopic (exact) mass is 223 g/mol. The molecule has 0 aliphatic carbocycles. The van der Waals surface area contributed by atoms with E-state index in [1.54, 1.807) is 4.68 Å². The standard InChI is InChI=1S/C10H10ClN3O/c1-7(8-5-3-2-4-6-8)14-9(11)12-10(15)13-14/h2-7H,1H3,(H,13,15). The number of nitrogens with zero attached hydrogens (tertiary/aromatic N) is 2. The molecule has 0 amide bonds. The first kappa shape index (κ1) is 9.98. The molecular weight excluding hydrogens is 214 g/mol. The Morgan fingerprint density at radius 1 is 1.40 bits per heavy atom. The number of nitrogens with one attached hydrogen (secondary N) is 1. The van der Waals surface area contributed by atoms with Crippen molar-refractivity contribution in [2.75, 3.05) is 0 Å². The first-order valence-corrected chi connectivity index (χ1v) is 4.95. The molecule has 0 radical (unpaired) electrons. The summed E-state index contributed by atoms with van der Waals surface area (Å²) in [5.41, 5.74) is 0.635. The van der Waals surface area contributed by atoms with E-state index in [-0.39, 0.29) is 11.3 Å². The molecule has 0 fully saturated rings. The van der Waals surface area contributed by atoms with Gasteiger partial charge in [0.05, 0.1) is 6.04 Å². The molecule has 1 N–H and O–H groups in total. The van der Waals surface area contributed by atoms with Crippen molar-refractivity contribution < 1.29 is 0 Å². The minimum atomic E-state index is -0.428. The maximum Gasteiger partial charge on any atom is 0.362 e. The predicted octanol–water partition coefficient (Wildman–Crippen LogP) is 1.83. The molecule has 78 valence electrons. The number of halogens is 1. The largest absolute Gasteiger partial charge is 0.362 e. The number of hydrogen-bond acceptors (Lipinski definition) is 2. The molecule has 0 aliphatic heterocycles. The molecule has 15 heavy (non-hydrogen) atoms. The first-order chi connectivity index (χ1) is 7.18. The summed E-state index contributed by atoms with van der Waals surface area (Å²) >= 11 is 5.81. The second-order valence-corrected chi connectivity index (χ2v) is 3.59. The summed E-state index contributed by atoms with van der Waals surface area (Å²) < 4.78 is 1.54. The van der Waals surface area contributed by atoms with Gasteiger partial charge >= 0.3 is 5.69 Å². The van der Waals surface area contributed by atoms with Crippen LogP contribution in [0.1, 0.15) is 18.5 Å². The second kappa shape index (κ2) is 3.90. The van der Waals surface area contributed by atoms with E-state index in [4.69, 9.17) is 11.6 Å². The maximum atomic E-state index is 11.0. The van der Waals surface area contributed by atoms with Crippen LogP contribution in [0.5, 0.6) is 0 Å². The zero-order valence-electron chi connectivity index (χ0n) is 8.14. The van der Waals surface area contributed by atoms with E-state index in [2.05, 4.69) is 10.1 Å². The van der Waals surface area contributed by atoms with Crippen LogP contribution in [0.2, 0.25) is 5.28 Å². The van der Waals surface area contributed by atoms with Gasteiger partial charge in [0.15, 0.2) is 0 Å². The van der Waals surface area contributed by atoms with Gasteiger partial charge in [0.2, 0.25) is 5.28 Å². The van der Waals surface area contributed by atoms with Crippen LogP contribution < -0.4 is 5.69 Å². The topological polar surface area (TPSA) is 50.7 Å². The Kier molecular flexibility index (Phi) is 2.60. The normalized spacial score (nSPS) is 12.7. The highest BCUT2D eigenvalue weighted by Crippen LogP contribution is 2.18. The minimum Gasteiger partial charge on any atom is -0.249 e. The second-order valence-electron chi connectivity index (χ2n) is 3.25. The predicted molar refractivity (Wildman–Crippen MR) is 58.1 cm³/mol. The zero-order chi connectivity index (χ0) is 10.8. The SMILES string of the molecule is CC(c1ccccc1)n1[nH]c(=O)nc1Cl. The van der Waals surface area contributed by atoms with Crippen molar-refractivity contribution in [2.24, 2.45) is 0 Å². The Labute approximate surface area is 91.5 Å². The molecule has 0 bridgehead atoms. The summed E-state index contributed by atoms with van der Waals surface area (Å²) in [5.74, 6) is 0. The van der Waals surface area contributed by atoms with Gasteiger partial charge in [-0.25, -0.2) is 14.6 Å². The minimum absolute atomic E-state index is 0.0334. The highest BCUT2D eigenvalue weighted by Gasteiger charge is 2.12. The Morgan fingerprint density at radius 2 is 2.07 bits per heavy atom. The van der Waals surface area contributed by atoms with Crippen LogP contribution in [0.4, 0.5) is 0 Å². The highest BCUT2D eigenvalue weighted by molar-refractivity contribution is 6.28. The molecule has 1 aromatic heterocycles. The van der Waals surface area contributed by atoms with Crippen LogP contribution >= 0.6 is 11.6 Å². The molecule has 0 saturated carbocycles. The Bertz CT molecular complexity index is 503. The molecule has 2 rings (SSSR count). The first-order valence-electron chi connectivity index (χ1n) is 4.57. The van der Waals surface area contributed by atoms with E-state index in [1.165, 1.54) is 0 Å². The van der Waals surface area contributed by atoms with Gasteiger partial charge in [0.25, 0.3) is 0 Å². The zero-order valence-corrected chi connectivity index (χ0v) is 8.90. The fourth-order valence-corrected chi connectivity index (χ4v) is 1.71. The van der Waals surface area contributed by atoms with Gasteiger partial charge in [-0.2, -0.15) is 4.98 Å². The van der Waals surface area contributed by atoms with Gasteiger partial charge in [-0.1, -0.05) is 30.3 Å². The average Bonchev–Trinajstić information content (AvgIpc) is 2.58. The molecule has 1 heterocycles. The van der Waals surface area contributed by atoms with E-state index in [0.29, 0.717) is 0 Å². The molecule has 5 heteroatoms. The van der Waals surface area contributed by atoms with Gasteiger partial charge in [0.1, 0.15) is 0 Å². The lowest BCUT2D eigenvalue weighted by atomic mass is 10.1. The summed E-state index contributed by atoms with van der Waals surface area (Å²) in [6.45, 7) is 1.94. The molecule has 0 saturated heterocycles. The molecule has 1 atom stereocenters. The van der Waals surface area contributed by atoms with Crippen LogP contribution in [-0.2, 0) is 0 Å². The average molecular weight is 224 g/mol. The quantitative estimate of drug-likeness (QED) is 0.845. The number of aromatic nitrogens is 3.